The van der Waals surface area contributed by atoms with Gasteiger partial charge in [-0.15, -0.1) is 0 Å². The number of hydrogen-bond donors (Lipinski definition) is 1. The van der Waals surface area contributed by atoms with Gasteiger partial charge in [0, 0.05) is 11.3 Å². The van der Waals surface area contributed by atoms with Gasteiger partial charge in [0.05, 0.1) is 6.10 Å². The van der Waals surface area contributed by atoms with E-state index in [2.05, 4.69) is 18.2 Å². The van der Waals surface area contributed by atoms with Gasteiger partial charge in [0.1, 0.15) is 0 Å². The van der Waals surface area contributed by atoms with Gasteiger partial charge in [0.25, 0.3) is 0 Å². The van der Waals surface area contributed by atoms with Crippen LogP contribution in [0.2, 0.25) is 0 Å². The fourth-order valence-corrected chi connectivity index (χ4v) is 3.96. The van der Waals surface area contributed by atoms with E-state index in [9.17, 15) is 5.11 Å². The van der Waals surface area contributed by atoms with Crippen molar-refractivity contribution in [1.29, 1.82) is 0 Å². The average Bonchev–Trinajstić information content (AvgIpc) is 2.30. The Kier molecular flexibility index (Phi) is 3.12. The van der Waals surface area contributed by atoms with Crippen molar-refractivity contribution in [2.45, 2.75) is 63.9 Å². The minimum atomic E-state index is -0.204. The highest BCUT2D eigenvalue weighted by molar-refractivity contribution is 5.31. The fraction of sp³-hybridized carbons (Fsp3) is 0.750. The van der Waals surface area contributed by atoms with Gasteiger partial charge in [-0.1, -0.05) is 55.9 Å². The molecule has 0 heterocycles. The van der Waals surface area contributed by atoms with Crippen LogP contribution >= 0.6 is 0 Å². The van der Waals surface area contributed by atoms with Crippen LogP contribution in [0.5, 0.6) is 0 Å². The third-order valence-corrected chi connectivity index (χ3v) is 5.02. The standard InChI is InChI=1S/C16H24O/c17-15-11-13-7-5-3-1-2-4-6-9-16(12-13)10-8-14(15)16/h8,10-11,14-15,17H,1-7,9,12H2/t14-,15-,16+/m0/s1. The molecule has 0 amide bonds. The van der Waals surface area contributed by atoms with E-state index in [-0.39, 0.29) is 6.10 Å². The Hall–Kier alpha value is -0.560. The van der Waals surface area contributed by atoms with Crippen LogP contribution in [0.15, 0.2) is 23.8 Å². The zero-order valence-corrected chi connectivity index (χ0v) is 10.7. The molecule has 0 aromatic rings. The lowest BCUT2D eigenvalue weighted by Gasteiger charge is -2.49. The van der Waals surface area contributed by atoms with E-state index in [1.807, 2.05) is 0 Å². The van der Waals surface area contributed by atoms with E-state index in [4.69, 9.17) is 0 Å². The molecule has 0 aromatic heterocycles. The van der Waals surface area contributed by atoms with Gasteiger partial charge in [-0.3, -0.25) is 0 Å². The molecule has 17 heavy (non-hydrogen) atoms. The highest BCUT2D eigenvalue weighted by atomic mass is 16.3. The Morgan fingerprint density at radius 2 is 1.82 bits per heavy atom. The number of rotatable bonds is 0. The average molecular weight is 232 g/mol. The van der Waals surface area contributed by atoms with Crippen molar-refractivity contribution in [3.8, 4) is 0 Å². The van der Waals surface area contributed by atoms with Crippen molar-refractivity contribution < 1.29 is 5.11 Å². The number of allylic oxidation sites excluding steroid dienone is 2. The Labute approximate surface area is 105 Å². The maximum atomic E-state index is 10.2. The van der Waals surface area contributed by atoms with Gasteiger partial charge in [-0.05, 0) is 25.7 Å². The van der Waals surface area contributed by atoms with Crippen molar-refractivity contribution >= 4 is 0 Å². The van der Waals surface area contributed by atoms with E-state index in [1.165, 1.54) is 63.4 Å². The molecule has 94 valence electrons. The van der Waals surface area contributed by atoms with Crippen molar-refractivity contribution in [2.24, 2.45) is 11.3 Å². The summed E-state index contributed by atoms with van der Waals surface area (Å²) in [5, 5.41) is 10.2. The highest BCUT2D eigenvalue weighted by Crippen LogP contribution is 2.53. The first kappa shape index (κ1) is 11.5. The molecule has 0 radical (unpaired) electrons. The molecule has 0 saturated heterocycles. The predicted octanol–water partition coefficient (Wildman–Crippen LogP) is 3.98. The van der Waals surface area contributed by atoms with Gasteiger partial charge in [0.2, 0.25) is 0 Å². The molecule has 2 bridgehead atoms. The molecule has 1 N–H and O–H groups in total. The lowest BCUT2D eigenvalue weighted by molar-refractivity contribution is 0.0619. The molecule has 1 nitrogen and oxygen atoms in total. The predicted molar refractivity (Wildman–Crippen MR) is 70.7 cm³/mol. The van der Waals surface area contributed by atoms with Crippen molar-refractivity contribution in [3.63, 3.8) is 0 Å². The first-order valence-corrected chi connectivity index (χ1v) is 7.37. The van der Waals surface area contributed by atoms with Crippen LogP contribution in [0.4, 0.5) is 0 Å². The largest absolute Gasteiger partial charge is 0.388 e. The van der Waals surface area contributed by atoms with Crippen LogP contribution in [0.3, 0.4) is 0 Å². The third-order valence-electron chi connectivity index (χ3n) is 5.02. The first-order valence-electron chi connectivity index (χ1n) is 7.37. The van der Waals surface area contributed by atoms with Crippen molar-refractivity contribution in [1.82, 2.24) is 0 Å². The normalized spacial score (nSPS) is 41.8. The molecule has 0 aromatic carbocycles. The second-order valence-corrected chi connectivity index (χ2v) is 6.23. The second-order valence-electron chi connectivity index (χ2n) is 6.23. The lowest BCUT2D eigenvalue weighted by Crippen LogP contribution is -2.44. The summed E-state index contributed by atoms with van der Waals surface area (Å²) in [7, 11) is 0. The summed E-state index contributed by atoms with van der Waals surface area (Å²) in [5.41, 5.74) is 1.87. The van der Waals surface area contributed by atoms with Gasteiger partial charge in [-0.25, -0.2) is 0 Å². The maximum absolute atomic E-state index is 10.2. The Morgan fingerprint density at radius 1 is 1.06 bits per heavy atom. The molecular weight excluding hydrogens is 208 g/mol. The third kappa shape index (κ3) is 2.10. The smallest absolute Gasteiger partial charge is 0.0794 e. The zero-order valence-electron chi connectivity index (χ0n) is 10.7. The Morgan fingerprint density at radius 3 is 2.59 bits per heavy atom. The molecule has 3 atom stereocenters. The molecule has 3 aliphatic carbocycles. The Balaban J connectivity index is 1.79. The number of hydrogen-bond acceptors (Lipinski definition) is 1. The van der Waals surface area contributed by atoms with E-state index in [0.29, 0.717) is 11.3 Å². The summed E-state index contributed by atoms with van der Waals surface area (Å²) in [6, 6.07) is 0. The van der Waals surface area contributed by atoms with Crippen LogP contribution in [-0.2, 0) is 0 Å². The number of aliphatic hydroxyl groups is 1. The first-order chi connectivity index (χ1) is 8.30. The Bertz CT molecular complexity index is 341. The topological polar surface area (TPSA) is 20.2 Å². The fourth-order valence-electron chi connectivity index (χ4n) is 3.96. The molecule has 1 fully saturated rings. The molecule has 1 spiro atoms. The molecule has 0 aliphatic heterocycles. The minimum Gasteiger partial charge on any atom is -0.388 e. The summed E-state index contributed by atoms with van der Waals surface area (Å²) < 4.78 is 0. The van der Waals surface area contributed by atoms with E-state index >= 15 is 0 Å². The second kappa shape index (κ2) is 4.61. The quantitative estimate of drug-likeness (QED) is 0.626. The van der Waals surface area contributed by atoms with E-state index in [0.717, 1.165) is 0 Å². The number of aliphatic hydroxyl groups excluding tert-OH is 1. The SMILES string of the molecule is O[C@H]1C=C2CCCCCCCC[C@@]3(C=C[C@@H]13)C2. The molecular formula is C16H24O. The van der Waals surface area contributed by atoms with Crippen molar-refractivity contribution in [2.75, 3.05) is 0 Å². The summed E-state index contributed by atoms with van der Waals surface area (Å²) in [4.78, 5) is 0. The highest BCUT2D eigenvalue weighted by Gasteiger charge is 2.46. The van der Waals surface area contributed by atoms with E-state index in [1.54, 1.807) is 0 Å². The summed E-state index contributed by atoms with van der Waals surface area (Å²) in [5.74, 6) is 0.423. The van der Waals surface area contributed by atoms with Gasteiger partial charge in [-0.2, -0.15) is 0 Å². The molecule has 3 rings (SSSR count). The van der Waals surface area contributed by atoms with Gasteiger partial charge < -0.3 is 5.11 Å². The summed E-state index contributed by atoms with van der Waals surface area (Å²) >= 11 is 0. The zero-order chi connectivity index (χ0) is 11.7. The van der Waals surface area contributed by atoms with Crippen LogP contribution in [0, 0.1) is 11.3 Å². The lowest BCUT2D eigenvalue weighted by atomic mass is 9.56. The summed E-state index contributed by atoms with van der Waals surface area (Å²) in [6.45, 7) is 0. The molecule has 3 aliphatic rings. The van der Waals surface area contributed by atoms with Crippen LogP contribution < -0.4 is 0 Å². The van der Waals surface area contributed by atoms with Crippen molar-refractivity contribution in [3.05, 3.63) is 23.8 Å². The summed E-state index contributed by atoms with van der Waals surface area (Å²) in [6.07, 6.45) is 18.6. The minimum absolute atomic E-state index is 0.204. The van der Waals surface area contributed by atoms with Crippen LogP contribution in [0.25, 0.3) is 0 Å². The van der Waals surface area contributed by atoms with E-state index < -0.39 is 0 Å². The number of fused-ring (bicyclic) bond motifs is 1. The van der Waals surface area contributed by atoms with Crippen LogP contribution in [-0.4, -0.2) is 11.2 Å². The monoisotopic (exact) mass is 232 g/mol. The van der Waals surface area contributed by atoms with Gasteiger partial charge >= 0.3 is 0 Å². The molecule has 0 unspecified atom stereocenters. The van der Waals surface area contributed by atoms with Crippen LogP contribution in [0.1, 0.15) is 57.8 Å². The van der Waals surface area contributed by atoms with Gasteiger partial charge in [0.15, 0.2) is 0 Å². The molecule has 1 heteroatoms. The molecule has 1 saturated carbocycles. The maximum Gasteiger partial charge on any atom is 0.0794 e.